The predicted octanol–water partition coefficient (Wildman–Crippen LogP) is 3.24. The van der Waals surface area contributed by atoms with Crippen molar-refractivity contribution in [2.24, 2.45) is 0 Å². The van der Waals surface area contributed by atoms with Crippen molar-refractivity contribution < 1.29 is 4.79 Å². The lowest BCUT2D eigenvalue weighted by atomic mass is 10.0. The summed E-state index contributed by atoms with van der Waals surface area (Å²) < 4.78 is 0. The number of hydrogen-bond acceptors (Lipinski definition) is 5. The van der Waals surface area contributed by atoms with Crippen molar-refractivity contribution in [3.63, 3.8) is 0 Å². The summed E-state index contributed by atoms with van der Waals surface area (Å²) in [4.78, 5) is 17.9. The fourth-order valence-corrected chi connectivity index (χ4v) is 3.18. The molecule has 2 aromatic heterocycles. The Labute approximate surface area is 139 Å². The van der Waals surface area contributed by atoms with Crippen LogP contribution >= 0.6 is 23.1 Å². The van der Waals surface area contributed by atoms with Gasteiger partial charge < -0.3 is 5.32 Å². The number of carbonyl (C=O) groups excluding carboxylic acids is 1. The highest BCUT2D eigenvalue weighted by molar-refractivity contribution is 8.00. The highest BCUT2D eigenvalue weighted by Crippen LogP contribution is 2.21. The molecule has 0 radical (unpaired) electrons. The molecular formula is C15H22N4OS2. The van der Waals surface area contributed by atoms with Crippen molar-refractivity contribution in [1.82, 2.24) is 20.5 Å². The second-order valence-electron chi connectivity index (χ2n) is 5.81. The number of thiophene rings is 1. The standard InChI is InChI=1S/C15H22N4OS2/c1-5-15(3,4)17-13(20)10(2)22-14-16-12(18-19-14)9-11-7-6-8-21-11/h6-8,10H,5,9H2,1-4H3,(H,17,20)(H,16,18,19). The predicted molar refractivity (Wildman–Crippen MR) is 91.3 cm³/mol. The third-order valence-corrected chi connectivity index (χ3v) is 5.27. The largest absolute Gasteiger partial charge is 0.350 e. The number of nitrogens with one attached hydrogen (secondary N) is 2. The number of carbonyl (C=O) groups is 1. The summed E-state index contributed by atoms with van der Waals surface area (Å²) in [6.45, 7) is 7.98. The monoisotopic (exact) mass is 338 g/mol. The van der Waals surface area contributed by atoms with E-state index in [0.717, 1.165) is 18.7 Å². The second kappa shape index (κ2) is 7.28. The molecule has 5 nitrogen and oxygen atoms in total. The Bertz CT molecular complexity index is 607. The smallest absolute Gasteiger partial charge is 0.233 e. The van der Waals surface area contributed by atoms with Crippen molar-refractivity contribution in [1.29, 1.82) is 0 Å². The van der Waals surface area contributed by atoms with Gasteiger partial charge in [0.25, 0.3) is 0 Å². The van der Waals surface area contributed by atoms with Gasteiger partial charge in [0.2, 0.25) is 11.1 Å². The molecule has 2 aromatic rings. The van der Waals surface area contributed by atoms with Gasteiger partial charge >= 0.3 is 0 Å². The summed E-state index contributed by atoms with van der Waals surface area (Å²) >= 11 is 3.07. The Balaban J connectivity index is 1.90. The van der Waals surface area contributed by atoms with Gasteiger partial charge in [0, 0.05) is 16.8 Å². The SMILES string of the molecule is CCC(C)(C)NC(=O)C(C)Sc1n[nH]c(Cc2cccs2)n1. The van der Waals surface area contributed by atoms with E-state index in [0.29, 0.717) is 5.16 Å². The maximum Gasteiger partial charge on any atom is 0.233 e. The van der Waals surface area contributed by atoms with E-state index in [1.54, 1.807) is 11.3 Å². The zero-order chi connectivity index (χ0) is 16.2. The van der Waals surface area contributed by atoms with Gasteiger partial charge in [-0.25, -0.2) is 4.98 Å². The van der Waals surface area contributed by atoms with Gasteiger partial charge in [-0.15, -0.1) is 16.4 Å². The fourth-order valence-electron chi connectivity index (χ4n) is 1.72. The molecule has 0 fully saturated rings. The minimum atomic E-state index is -0.226. The average molecular weight is 339 g/mol. The van der Waals surface area contributed by atoms with Gasteiger partial charge in [0.05, 0.1) is 5.25 Å². The van der Waals surface area contributed by atoms with Gasteiger partial charge in [-0.1, -0.05) is 24.8 Å². The molecule has 0 aromatic carbocycles. The molecule has 7 heteroatoms. The Morgan fingerprint density at radius 3 is 2.95 bits per heavy atom. The Morgan fingerprint density at radius 2 is 2.32 bits per heavy atom. The summed E-state index contributed by atoms with van der Waals surface area (Å²) in [5.74, 6) is 0.841. The summed E-state index contributed by atoms with van der Waals surface area (Å²) in [6, 6.07) is 4.09. The molecule has 1 amide bonds. The third-order valence-electron chi connectivity index (χ3n) is 3.43. The summed E-state index contributed by atoms with van der Waals surface area (Å²) in [6.07, 6.45) is 1.64. The maximum absolute atomic E-state index is 12.2. The van der Waals surface area contributed by atoms with Crippen molar-refractivity contribution >= 4 is 29.0 Å². The molecule has 0 spiro atoms. The molecule has 22 heavy (non-hydrogen) atoms. The van der Waals surface area contributed by atoms with Crippen molar-refractivity contribution in [3.05, 3.63) is 28.2 Å². The van der Waals surface area contributed by atoms with Crippen LogP contribution in [-0.2, 0) is 11.2 Å². The van der Waals surface area contributed by atoms with Crippen LogP contribution < -0.4 is 5.32 Å². The highest BCUT2D eigenvalue weighted by Gasteiger charge is 2.23. The minimum absolute atomic E-state index is 0.0152. The minimum Gasteiger partial charge on any atom is -0.350 e. The lowest BCUT2D eigenvalue weighted by molar-refractivity contribution is -0.121. The molecule has 2 heterocycles. The van der Waals surface area contributed by atoms with Crippen molar-refractivity contribution in [2.45, 2.75) is 56.5 Å². The molecule has 0 aliphatic heterocycles. The molecule has 0 aliphatic carbocycles. The average Bonchev–Trinajstić information content (AvgIpc) is 3.11. The quantitative estimate of drug-likeness (QED) is 0.760. The first-order valence-electron chi connectivity index (χ1n) is 7.32. The van der Waals surface area contributed by atoms with Crippen LogP contribution in [0.15, 0.2) is 22.7 Å². The Hall–Kier alpha value is -1.34. The number of thioether (sulfide) groups is 1. The number of nitrogens with zero attached hydrogens (tertiary/aromatic N) is 2. The van der Waals surface area contributed by atoms with Gasteiger partial charge in [-0.05, 0) is 38.6 Å². The van der Waals surface area contributed by atoms with E-state index in [1.807, 2.05) is 32.2 Å². The van der Waals surface area contributed by atoms with Crippen LogP contribution in [-0.4, -0.2) is 31.9 Å². The number of aromatic amines is 1. The van der Waals surface area contributed by atoms with Gasteiger partial charge in [0.1, 0.15) is 5.82 Å². The zero-order valence-corrected chi connectivity index (χ0v) is 15.0. The van der Waals surface area contributed by atoms with Crippen LogP contribution in [0.3, 0.4) is 0 Å². The van der Waals surface area contributed by atoms with Gasteiger partial charge in [-0.2, -0.15) is 0 Å². The lowest BCUT2D eigenvalue weighted by Crippen LogP contribution is -2.46. The Morgan fingerprint density at radius 1 is 1.55 bits per heavy atom. The number of hydrogen-bond donors (Lipinski definition) is 2. The Kier molecular flexibility index (Phi) is 5.63. The normalized spacial score (nSPS) is 13.1. The maximum atomic E-state index is 12.2. The molecule has 120 valence electrons. The molecule has 2 N–H and O–H groups in total. The molecular weight excluding hydrogens is 316 g/mol. The van der Waals surface area contributed by atoms with Crippen LogP contribution in [0.2, 0.25) is 0 Å². The second-order valence-corrected chi connectivity index (χ2v) is 8.15. The lowest BCUT2D eigenvalue weighted by Gasteiger charge is -2.26. The van der Waals surface area contributed by atoms with Crippen LogP contribution in [0.4, 0.5) is 0 Å². The molecule has 0 aliphatic rings. The van der Waals surface area contributed by atoms with E-state index < -0.39 is 0 Å². The van der Waals surface area contributed by atoms with E-state index in [4.69, 9.17) is 0 Å². The zero-order valence-electron chi connectivity index (χ0n) is 13.3. The first-order valence-corrected chi connectivity index (χ1v) is 9.08. The van der Waals surface area contributed by atoms with Crippen molar-refractivity contribution in [3.8, 4) is 0 Å². The molecule has 0 saturated carbocycles. The van der Waals surface area contributed by atoms with E-state index in [9.17, 15) is 4.79 Å². The molecule has 1 atom stereocenters. The molecule has 2 rings (SSSR count). The van der Waals surface area contributed by atoms with Gasteiger partial charge in [0.15, 0.2) is 0 Å². The van der Waals surface area contributed by atoms with Crippen LogP contribution in [0.1, 0.15) is 44.8 Å². The molecule has 0 bridgehead atoms. The highest BCUT2D eigenvalue weighted by atomic mass is 32.2. The number of aromatic nitrogens is 3. The van der Waals surface area contributed by atoms with E-state index in [-0.39, 0.29) is 16.7 Å². The summed E-state index contributed by atoms with van der Waals surface area (Å²) in [7, 11) is 0. The number of H-pyrrole nitrogens is 1. The van der Waals surface area contributed by atoms with E-state index >= 15 is 0 Å². The van der Waals surface area contributed by atoms with E-state index in [1.165, 1.54) is 16.6 Å². The van der Waals surface area contributed by atoms with Crippen LogP contribution in [0.5, 0.6) is 0 Å². The van der Waals surface area contributed by atoms with Crippen molar-refractivity contribution in [2.75, 3.05) is 0 Å². The third kappa shape index (κ3) is 4.84. The van der Waals surface area contributed by atoms with Crippen LogP contribution in [0, 0.1) is 0 Å². The summed E-state index contributed by atoms with van der Waals surface area (Å²) in [5.41, 5.74) is -0.185. The first-order chi connectivity index (χ1) is 10.4. The number of amides is 1. The van der Waals surface area contributed by atoms with Crippen LogP contribution in [0.25, 0.3) is 0 Å². The summed E-state index contributed by atoms with van der Waals surface area (Å²) in [5, 5.41) is 12.6. The van der Waals surface area contributed by atoms with Gasteiger partial charge in [-0.3, -0.25) is 9.89 Å². The topological polar surface area (TPSA) is 70.7 Å². The first kappa shape index (κ1) is 17.0. The van der Waals surface area contributed by atoms with E-state index in [2.05, 4.69) is 33.5 Å². The fraction of sp³-hybridized carbons (Fsp3) is 0.533. The molecule has 1 unspecified atom stereocenters. The molecule has 0 saturated heterocycles. The number of rotatable bonds is 7.